The lowest BCUT2D eigenvalue weighted by atomic mass is 9.98. The van der Waals surface area contributed by atoms with Crippen LogP contribution in [0.1, 0.15) is 25.3 Å². The van der Waals surface area contributed by atoms with Crippen LogP contribution in [-0.4, -0.2) is 29.1 Å². The van der Waals surface area contributed by atoms with Gasteiger partial charge in [0.2, 0.25) is 0 Å². The zero-order valence-corrected chi connectivity index (χ0v) is 13.2. The number of hydrogen-bond donors (Lipinski definition) is 0. The second-order valence-electron chi connectivity index (χ2n) is 4.70. The summed E-state index contributed by atoms with van der Waals surface area (Å²) < 4.78 is 13.6. The summed E-state index contributed by atoms with van der Waals surface area (Å²) in [6.45, 7) is 5.91. The molecule has 0 aliphatic carbocycles. The Bertz CT molecular complexity index is 508. The van der Waals surface area contributed by atoms with Crippen LogP contribution in [0.25, 0.3) is 0 Å². The van der Waals surface area contributed by atoms with Gasteiger partial charge in [-0.1, -0.05) is 23.7 Å². The molecule has 0 aliphatic heterocycles. The summed E-state index contributed by atoms with van der Waals surface area (Å²) >= 11 is 5.98. The maximum atomic E-state index is 5.98. The third-order valence-corrected chi connectivity index (χ3v) is 3.51. The van der Waals surface area contributed by atoms with Gasteiger partial charge in [0.05, 0.1) is 12.2 Å². The van der Waals surface area contributed by atoms with Gasteiger partial charge in [0, 0.05) is 37.2 Å². The fourth-order valence-corrected chi connectivity index (χ4v) is 2.42. The summed E-state index contributed by atoms with van der Waals surface area (Å²) in [6.07, 6.45) is 5.23. The Morgan fingerprint density at radius 1 is 1.14 bits per heavy atom. The number of hydrogen-bond acceptors (Lipinski definition) is 3. The highest BCUT2D eigenvalue weighted by atomic mass is 35.5. The molecule has 0 bridgehead atoms. The van der Waals surface area contributed by atoms with Crippen LogP contribution in [-0.2, 0) is 16.0 Å². The lowest BCUT2D eigenvalue weighted by molar-refractivity contribution is -0.152. The zero-order valence-electron chi connectivity index (χ0n) is 12.4. The molecule has 1 heterocycles. The van der Waals surface area contributed by atoms with Crippen LogP contribution >= 0.6 is 11.6 Å². The number of aromatic nitrogens is 2. The third-order valence-electron chi connectivity index (χ3n) is 3.26. The average molecular weight is 309 g/mol. The molecular formula is C16H21ClN2O2. The molecule has 1 aromatic heterocycles. The van der Waals surface area contributed by atoms with Crippen LogP contribution < -0.4 is 0 Å². The topological polar surface area (TPSA) is 36.3 Å². The van der Waals surface area contributed by atoms with Crippen molar-refractivity contribution in [3.8, 4) is 0 Å². The highest BCUT2D eigenvalue weighted by molar-refractivity contribution is 6.30. The molecule has 1 atom stereocenters. The van der Waals surface area contributed by atoms with Crippen LogP contribution in [0.2, 0.25) is 5.02 Å². The standard InChI is InChI=1S/C16H21ClN2O2/c1-3-20-16(21-4-2)15(11-19-10-9-18-12-19)13-5-7-14(17)8-6-13/h5-10,12,15-16H,3-4,11H2,1-2H3. The quantitative estimate of drug-likeness (QED) is 0.697. The van der Waals surface area contributed by atoms with E-state index in [9.17, 15) is 0 Å². The molecule has 2 aromatic rings. The molecule has 0 N–H and O–H groups in total. The summed E-state index contributed by atoms with van der Waals surface area (Å²) in [5.41, 5.74) is 1.14. The van der Waals surface area contributed by atoms with Crippen molar-refractivity contribution in [3.05, 3.63) is 53.6 Å². The second kappa shape index (κ2) is 8.17. The number of rotatable bonds is 8. The summed E-state index contributed by atoms with van der Waals surface area (Å²) in [7, 11) is 0. The molecule has 4 nitrogen and oxygen atoms in total. The highest BCUT2D eigenvalue weighted by Gasteiger charge is 2.24. The van der Waals surface area contributed by atoms with E-state index in [2.05, 4.69) is 4.98 Å². The van der Waals surface area contributed by atoms with Crippen molar-refractivity contribution in [2.45, 2.75) is 32.6 Å². The smallest absolute Gasteiger partial charge is 0.166 e. The van der Waals surface area contributed by atoms with Crippen LogP contribution in [0.5, 0.6) is 0 Å². The maximum absolute atomic E-state index is 5.98. The van der Waals surface area contributed by atoms with Crippen LogP contribution in [0.3, 0.4) is 0 Å². The predicted molar refractivity (Wildman–Crippen MR) is 83.5 cm³/mol. The van der Waals surface area contributed by atoms with Gasteiger partial charge in [-0.05, 0) is 31.5 Å². The molecule has 5 heteroatoms. The van der Waals surface area contributed by atoms with Crippen molar-refractivity contribution >= 4 is 11.6 Å². The van der Waals surface area contributed by atoms with Gasteiger partial charge in [-0.15, -0.1) is 0 Å². The summed E-state index contributed by atoms with van der Waals surface area (Å²) in [6, 6.07) is 7.84. The Balaban J connectivity index is 2.25. The van der Waals surface area contributed by atoms with E-state index in [-0.39, 0.29) is 12.2 Å². The van der Waals surface area contributed by atoms with Crippen LogP contribution in [0.4, 0.5) is 0 Å². The molecule has 0 fully saturated rings. The maximum Gasteiger partial charge on any atom is 0.166 e. The Hall–Kier alpha value is -1.36. The highest BCUT2D eigenvalue weighted by Crippen LogP contribution is 2.26. The van der Waals surface area contributed by atoms with E-state index in [1.807, 2.05) is 48.9 Å². The van der Waals surface area contributed by atoms with Gasteiger partial charge in [-0.25, -0.2) is 4.98 Å². The molecule has 1 aromatic carbocycles. The van der Waals surface area contributed by atoms with E-state index in [1.54, 1.807) is 12.5 Å². The lowest BCUT2D eigenvalue weighted by Gasteiger charge is -2.27. The number of ether oxygens (including phenoxy) is 2. The Labute approximate surface area is 130 Å². The monoisotopic (exact) mass is 308 g/mol. The van der Waals surface area contributed by atoms with Crippen molar-refractivity contribution in [3.63, 3.8) is 0 Å². The fraction of sp³-hybridized carbons (Fsp3) is 0.438. The molecule has 0 aliphatic rings. The molecule has 2 rings (SSSR count). The van der Waals surface area contributed by atoms with Crippen molar-refractivity contribution in [2.24, 2.45) is 0 Å². The van der Waals surface area contributed by atoms with E-state index in [0.717, 1.165) is 17.1 Å². The first-order valence-electron chi connectivity index (χ1n) is 7.19. The SMILES string of the molecule is CCOC(OCC)C(Cn1ccnc1)c1ccc(Cl)cc1. The Morgan fingerprint density at radius 2 is 1.81 bits per heavy atom. The first-order chi connectivity index (χ1) is 10.2. The molecular weight excluding hydrogens is 288 g/mol. The van der Waals surface area contributed by atoms with E-state index >= 15 is 0 Å². The van der Waals surface area contributed by atoms with E-state index in [0.29, 0.717) is 13.2 Å². The van der Waals surface area contributed by atoms with E-state index in [4.69, 9.17) is 21.1 Å². The second-order valence-corrected chi connectivity index (χ2v) is 5.13. The van der Waals surface area contributed by atoms with Crippen molar-refractivity contribution in [1.82, 2.24) is 9.55 Å². The molecule has 114 valence electrons. The number of imidazole rings is 1. The molecule has 1 unspecified atom stereocenters. The van der Waals surface area contributed by atoms with Gasteiger partial charge in [-0.3, -0.25) is 0 Å². The van der Waals surface area contributed by atoms with Gasteiger partial charge in [0.25, 0.3) is 0 Å². The molecule has 0 spiro atoms. The van der Waals surface area contributed by atoms with Gasteiger partial charge < -0.3 is 14.0 Å². The summed E-state index contributed by atoms with van der Waals surface area (Å²) in [5, 5.41) is 0.726. The van der Waals surface area contributed by atoms with Gasteiger partial charge in [-0.2, -0.15) is 0 Å². The summed E-state index contributed by atoms with van der Waals surface area (Å²) in [5.74, 6) is 0.0800. The number of nitrogens with zero attached hydrogens (tertiary/aromatic N) is 2. The van der Waals surface area contributed by atoms with Gasteiger partial charge in [0.15, 0.2) is 6.29 Å². The minimum absolute atomic E-state index is 0.0800. The zero-order chi connectivity index (χ0) is 15.1. The molecule has 21 heavy (non-hydrogen) atoms. The van der Waals surface area contributed by atoms with Gasteiger partial charge >= 0.3 is 0 Å². The van der Waals surface area contributed by atoms with Gasteiger partial charge in [0.1, 0.15) is 0 Å². The van der Waals surface area contributed by atoms with Crippen LogP contribution in [0.15, 0.2) is 43.0 Å². The fourth-order valence-electron chi connectivity index (χ4n) is 2.29. The number of halogens is 1. The molecule has 0 saturated carbocycles. The van der Waals surface area contributed by atoms with E-state index < -0.39 is 0 Å². The van der Waals surface area contributed by atoms with Crippen molar-refractivity contribution in [1.29, 1.82) is 0 Å². The largest absolute Gasteiger partial charge is 0.352 e. The normalized spacial score (nSPS) is 12.8. The number of benzene rings is 1. The molecule has 0 amide bonds. The minimum atomic E-state index is -0.288. The first kappa shape index (κ1) is 16.0. The minimum Gasteiger partial charge on any atom is -0.352 e. The molecule has 0 saturated heterocycles. The van der Waals surface area contributed by atoms with Crippen molar-refractivity contribution < 1.29 is 9.47 Å². The van der Waals surface area contributed by atoms with Crippen molar-refractivity contribution in [2.75, 3.05) is 13.2 Å². The average Bonchev–Trinajstić information content (AvgIpc) is 2.99. The van der Waals surface area contributed by atoms with Crippen LogP contribution in [0, 0.1) is 0 Å². The lowest BCUT2D eigenvalue weighted by Crippen LogP contribution is -2.29. The Kier molecular flexibility index (Phi) is 6.23. The summed E-state index contributed by atoms with van der Waals surface area (Å²) in [4.78, 5) is 4.09. The van der Waals surface area contributed by atoms with E-state index in [1.165, 1.54) is 0 Å². The first-order valence-corrected chi connectivity index (χ1v) is 7.56. The Morgan fingerprint density at radius 3 is 2.33 bits per heavy atom. The molecule has 0 radical (unpaired) electrons. The third kappa shape index (κ3) is 4.56. The predicted octanol–water partition coefficient (Wildman–Crippen LogP) is 3.72.